The van der Waals surface area contributed by atoms with Gasteiger partial charge in [0.2, 0.25) is 0 Å². The molecule has 0 spiro atoms. The third-order valence-electron chi connectivity index (χ3n) is 4.15. The Bertz CT molecular complexity index is 636. The molecule has 0 N–H and O–H groups in total. The van der Waals surface area contributed by atoms with Crippen molar-refractivity contribution in [1.29, 1.82) is 0 Å². The van der Waals surface area contributed by atoms with Crippen LogP contribution in [0.4, 0.5) is 4.79 Å². The number of nitrogens with zero attached hydrogens (tertiary/aromatic N) is 2. The quantitative estimate of drug-likeness (QED) is 0.763. The first-order valence-electron chi connectivity index (χ1n) is 8.38. The van der Waals surface area contributed by atoms with Crippen LogP contribution >= 0.6 is 11.8 Å². The summed E-state index contributed by atoms with van der Waals surface area (Å²) in [5.41, 5.74) is 0.891. The highest BCUT2D eigenvalue weighted by Gasteiger charge is 2.36. The Kier molecular flexibility index (Phi) is 5.58. The molecule has 5 nitrogen and oxygen atoms in total. The minimum Gasteiger partial charge on any atom is -0.494 e. The lowest BCUT2D eigenvalue weighted by Crippen LogP contribution is -2.42. The molecule has 2 aliphatic heterocycles. The van der Waals surface area contributed by atoms with E-state index in [-0.39, 0.29) is 11.1 Å². The Morgan fingerprint density at radius 2 is 1.83 bits per heavy atom. The number of imide groups is 1. The average molecular weight is 346 g/mol. The van der Waals surface area contributed by atoms with Gasteiger partial charge in [0.1, 0.15) is 5.75 Å². The zero-order valence-electron chi connectivity index (χ0n) is 13.9. The highest BCUT2D eigenvalue weighted by Crippen LogP contribution is 2.32. The summed E-state index contributed by atoms with van der Waals surface area (Å²) in [5, 5.41) is -0.178. The predicted octanol–water partition coefficient (Wildman–Crippen LogP) is 3.57. The fraction of sp³-hybridized carbons (Fsp3) is 0.444. The first-order chi connectivity index (χ1) is 11.7. The summed E-state index contributed by atoms with van der Waals surface area (Å²) < 4.78 is 5.41. The van der Waals surface area contributed by atoms with Crippen molar-refractivity contribution in [2.45, 2.75) is 26.2 Å². The maximum Gasteiger partial charge on any atom is 0.294 e. The number of amides is 2. The zero-order chi connectivity index (χ0) is 16.9. The second kappa shape index (κ2) is 7.85. The van der Waals surface area contributed by atoms with Gasteiger partial charge in [-0.15, -0.1) is 0 Å². The summed E-state index contributed by atoms with van der Waals surface area (Å²) in [7, 11) is 0. The van der Waals surface area contributed by atoms with Crippen molar-refractivity contribution in [2.75, 3.05) is 26.4 Å². The molecule has 0 radical (unpaired) electrons. The van der Waals surface area contributed by atoms with E-state index in [1.165, 1.54) is 11.3 Å². The molecule has 0 atom stereocenters. The molecule has 0 aromatic heterocycles. The van der Waals surface area contributed by atoms with Crippen LogP contribution in [-0.2, 0) is 4.79 Å². The van der Waals surface area contributed by atoms with Crippen molar-refractivity contribution >= 4 is 29.0 Å². The van der Waals surface area contributed by atoms with Gasteiger partial charge in [-0.05, 0) is 68.4 Å². The van der Waals surface area contributed by atoms with Crippen molar-refractivity contribution in [3.63, 3.8) is 0 Å². The zero-order valence-corrected chi connectivity index (χ0v) is 14.7. The molecule has 2 heterocycles. The van der Waals surface area contributed by atoms with E-state index >= 15 is 0 Å². The molecule has 0 saturated carbocycles. The minimum absolute atomic E-state index is 0.178. The Labute approximate surface area is 146 Å². The maximum atomic E-state index is 12.5. The number of hydrogen-bond acceptors (Lipinski definition) is 5. The maximum absolute atomic E-state index is 12.5. The molecular formula is C18H22N2O3S. The summed E-state index contributed by atoms with van der Waals surface area (Å²) in [6.07, 6.45) is 5.28. The lowest BCUT2D eigenvalue weighted by Gasteiger charge is -2.29. The number of likely N-dealkylation sites (tertiary alicyclic amines) is 1. The van der Waals surface area contributed by atoms with Crippen LogP contribution in [0.25, 0.3) is 6.08 Å². The highest BCUT2D eigenvalue weighted by molar-refractivity contribution is 8.18. The highest BCUT2D eigenvalue weighted by atomic mass is 32.2. The second-order valence-electron chi connectivity index (χ2n) is 5.93. The number of carbonyl (C=O) groups is 2. The monoisotopic (exact) mass is 346 g/mol. The van der Waals surface area contributed by atoms with Crippen molar-refractivity contribution in [2.24, 2.45) is 0 Å². The number of benzene rings is 1. The van der Waals surface area contributed by atoms with Crippen LogP contribution in [0.2, 0.25) is 0 Å². The SMILES string of the molecule is CCOc1ccc(C=C2SC(=O)N(CN3CCCCC3)C2=O)cc1. The number of thioether (sulfide) groups is 1. The topological polar surface area (TPSA) is 49.9 Å². The molecule has 1 aromatic carbocycles. The average Bonchev–Trinajstić information content (AvgIpc) is 2.85. The lowest BCUT2D eigenvalue weighted by molar-refractivity contribution is -0.124. The molecule has 3 rings (SSSR count). The predicted molar refractivity (Wildman–Crippen MR) is 95.7 cm³/mol. The van der Waals surface area contributed by atoms with E-state index in [0.717, 1.165) is 49.0 Å². The number of ether oxygens (including phenoxy) is 1. The van der Waals surface area contributed by atoms with E-state index in [0.29, 0.717) is 18.2 Å². The van der Waals surface area contributed by atoms with Crippen molar-refractivity contribution < 1.29 is 14.3 Å². The van der Waals surface area contributed by atoms with Crippen molar-refractivity contribution in [3.8, 4) is 5.75 Å². The molecule has 2 fully saturated rings. The van der Waals surface area contributed by atoms with Gasteiger partial charge in [-0.2, -0.15) is 0 Å². The van der Waals surface area contributed by atoms with Gasteiger partial charge in [-0.3, -0.25) is 19.4 Å². The van der Waals surface area contributed by atoms with Crippen LogP contribution in [0.1, 0.15) is 31.7 Å². The molecule has 2 amide bonds. The van der Waals surface area contributed by atoms with E-state index < -0.39 is 0 Å². The molecule has 1 aromatic rings. The Morgan fingerprint density at radius 1 is 1.12 bits per heavy atom. The largest absolute Gasteiger partial charge is 0.494 e. The van der Waals surface area contributed by atoms with Gasteiger partial charge in [0.15, 0.2) is 0 Å². The fourth-order valence-electron chi connectivity index (χ4n) is 2.90. The Morgan fingerprint density at radius 3 is 2.50 bits per heavy atom. The van der Waals surface area contributed by atoms with E-state index in [1.807, 2.05) is 31.2 Å². The van der Waals surface area contributed by atoms with Gasteiger partial charge in [-0.1, -0.05) is 18.6 Å². The fourth-order valence-corrected chi connectivity index (χ4v) is 3.73. The first-order valence-corrected chi connectivity index (χ1v) is 9.19. The molecule has 0 unspecified atom stereocenters. The van der Waals surface area contributed by atoms with E-state index in [1.54, 1.807) is 6.08 Å². The number of hydrogen-bond donors (Lipinski definition) is 0. The van der Waals surface area contributed by atoms with Crippen molar-refractivity contribution in [3.05, 3.63) is 34.7 Å². The van der Waals surface area contributed by atoms with E-state index in [9.17, 15) is 9.59 Å². The number of rotatable bonds is 5. The minimum atomic E-state index is -0.190. The van der Waals surface area contributed by atoms with Gasteiger partial charge >= 0.3 is 0 Å². The molecule has 0 aliphatic carbocycles. The Balaban J connectivity index is 1.68. The smallest absolute Gasteiger partial charge is 0.294 e. The van der Waals surface area contributed by atoms with Crippen LogP contribution < -0.4 is 4.74 Å². The molecule has 0 bridgehead atoms. The van der Waals surface area contributed by atoms with Gasteiger partial charge in [-0.25, -0.2) is 0 Å². The van der Waals surface area contributed by atoms with Gasteiger partial charge in [0.05, 0.1) is 18.2 Å². The molecule has 128 valence electrons. The van der Waals surface area contributed by atoms with Crippen LogP contribution in [0, 0.1) is 0 Å². The van der Waals surface area contributed by atoms with Gasteiger partial charge in [0.25, 0.3) is 11.1 Å². The molecule has 2 aliphatic rings. The number of piperidine rings is 1. The van der Waals surface area contributed by atoms with Gasteiger partial charge < -0.3 is 4.74 Å². The van der Waals surface area contributed by atoms with Crippen LogP contribution in [-0.4, -0.2) is 47.3 Å². The normalized spacial score (nSPS) is 20.9. The lowest BCUT2D eigenvalue weighted by atomic mass is 10.1. The van der Waals surface area contributed by atoms with Crippen LogP contribution in [0.5, 0.6) is 5.75 Å². The van der Waals surface area contributed by atoms with E-state index in [4.69, 9.17) is 4.74 Å². The standard InChI is InChI=1S/C18H22N2O3S/c1-2-23-15-8-6-14(7-9-15)12-16-17(21)20(18(22)24-16)13-19-10-4-3-5-11-19/h6-9,12H,2-5,10-11,13H2,1H3. The van der Waals surface area contributed by atoms with Gasteiger partial charge in [0, 0.05) is 0 Å². The van der Waals surface area contributed by atoms with Crippen LogP contribution in [0.3, 0.4) is 0 Å². The molecule has 24 heavy (non-hydrogen) atoms. The van der Waals surface area contributed by atoms with Crippen LogP contribution in [0.15, 0.2) is 29.2 Å². The third kappa shape index (κ3) is 3.99. The first kappa shape index (κ1) is 17.0. The number of carbonyl (C=O) groups excluding carboxylic acids is 2. The molecule has 2 saturated heterocycles. The third-order valence-corrected chi connectivity index (χ3v) is 5.06. The second-order valence-corrected chi connectivity index (χ2v) is 6.93. The molecular weight excluding hydrogens is 324 g/mol. The van der Waals surface area contributed by atoms with Crippen molar-refractivity contribution in [1.82, 2.24) is 9.80 Å². The Hall–Kier alpha value is -1.79. The summed E-state index contributed by atoms with van der Waals surface area (Å²) in [4.78, 5) is 28.7. The summed E-state index contributed by atoms with van der Waals surface area (Å²) in [6.45, 7) is 4.88. The summed E-state index contributed by atoms with van der Waals surface area (Å²) >= 11 is 1.02. The molecule has 6 heteroatoms. The summed E-state index contributed by atoms with van der Waals surface area (Å²) in [6, 6.07) is 7.52. The van der Waals surface area contributed by atoms with E-state index in [2.05, 4.69) is 4.90 Å². The summed E-state index contributed by atoms with van der Waals surface area (Å²) in [5.74, 6) is 0.609.